The Balaban J connectivity index is 1.62. The van der Waals surface area contributed by atoms with E-state index in [9.17, 15) is 9.59 Å². The van der Waals surface area contributed by atoms with E-state index < -0.39 is 0 Å². The Kier molecular flexibility index (Phi) is 6.07. The van der Waals surface area contributed by atoms with E-state index in [1.165, 1.54) is 44.9 Å². The lowest BCUT2D eigenvalue weighted by Gasteiger charge is -2.65. The summed E-state index contributed by atoms with van der Waals surface area (Å²) in [5.74, 6) is 4.51. The van der Waals surface area contributed by atoms with Crippen molar-refractivity contribution in [3.05, 3.63) is 0 Å². The van der Waals surface area contributed by atoms with Crippen LogP contribution in [0, 0.1) is 57.2 Å². The number of hydrogen-bond acceptors (Lipinski definition) is 2. The van der Waals surface area contributed by atoms with Crippen LogP contribution in [0.4, 0.5) is 0 Å². The molecule has 2 heteroatoms. The van der Waals surface area contributed by atoms with Crippen LogP contribution in [-0.4, -0.2) is 11.6 Å². The molecule has 0 N–H and O–H groups in total. The van der Waals surface area contributed by atoms with Gasteiger partial charge in [0.05, 0.1) is 0 Å². The van der Waals surface area contributed by atoms with Crippen molar-refractivity contribution in [1.82, 2.24) is 0 Å². The number of fused-ring (bicyclic) bond motifs is 5. The third-order valence-corrected chi connectivity index (χ3v) is 12.2. The first kappa shape index (κ1) is 24.5. The normalized spacial score (nSPS) is 46.5. The molecule has 0 unspecified atom stereocenters. The zero-order valence-corrected chi connectivity index (χ0v) is 22.4. The molecule has 4 aliphatic carbocycles. The summed E-state index contributed by atoms with van der Waals surface area (Å²) in [5.41, 5.74) is -0.120. The summed E-state index contributed by atoms with van der Waals surface area (Å²) in [6.45, 7) is 18.8. The maximum absolute atomic E-state index is 14.1. The Morgan fingerprint density at radius 2 is 1.53 bits per heavy atom. The Labute approximate surface area is 198 Å². The minimum Gasteiger partial charge on any atom is -0.299 e. The van der Waals surface area contributed by atoms with Crippen LogP contribution in [0.5, 0.6) is 0 Å². The average Bonchev–Trinajstić information content (AvgIpc) is 2.99. The van der Waals surface area contributed by atoms with Gasteiger partial charge in [-0.2, -0.15) is 0 Å². The minimum atomic E-state index is -0.230. The highest BCUT2D eigenvalue weighted by molar-refractivity contribution is 5.88. The van der Waals surface area contributed by atoms with E-state index in [0.29, 0.717) is 47.6 Å². The molecule has 32 heavy (non-hydrogen) atoms. The number of ketones is 2. The molecule has 4 saturated carbocycles. The van der Waals surface area contributed by atoms with Gasteiger partial charge < -0.3 is 0 Å². The van der Waals surface area contributed by atoms with E-state index in [0.717, 1.165) is 18.8 Å². The largest absolute Gasteiger partial charge is 0.299 e. The topological polar surface area (TPSA) is 34.1 Å². The molecule has 4 aliphatic rings. The highest BCUT2D eigenvalue weighted by atomic mass is 16.1. The lowest BCUT2D eigenvalue weighted by Crippen LogP contribution is -2.63. The van der Waals surface area contributed by atoms with Crippen LogP contribution in [0.2, 0.25) is 0 Å². The van der Waals surface area contributed by atoms with Crippen molar-refractivity contribution in [2.45, 2.75) is 120 Å². The highest BCUT2D eigenvalue weighted by Gasteiger charge is 2.70. The summed E-state index contributed by atoms with van der Waals surface area (Å²) >= 11 is 0. The molecule has 0 amide bonds. The Morgan fingerprint density at radius 3 is 2.19 bits per heavy atom. The Bertz CT molecular complexity index is 765. The summed E-state index contributed by atoms with van der Waals surface area (Å²) < 4.78 is 0. The van der Waals surface area contributed by atoms with Crippen molar-refractivity contribution in [2.24, 2.45) is 57.2 Å². The summed E-state index contributed by atoms with van der Waals surface area (Å²) in [4.78, 5) is 26.9. The Morgan fingerprint density at radius 1 is 0.844 bits per heavy atom. The lowest BCUT2D eigenvalue weighted by molar-refractivity contribution is -0.187. The van der Waals surface area contributed by atoms with Gasteiger partial charge in [0.15, 0.2) is 0 Å². The molecule has 0 aromatic rings. The summed E-state index contributed by atoms with van der Waals surface area (Å²) in [7, 11) is 0. The fourth-order valence-corrected chi connectivity index (χ4v) is 10.0. The van der Waals surface area contributed by atoms with Gasteiger partial charge in [0.25, 0.3) is 0 Å². The summed E-state index contributed by atoms with van der Waals surface area (Å²) in [6, 6.07) is 0. The van der Waals surface area contributed by atoms with E-state index in [1.54, 1.807) is 0 Å². The predicted octanol–water partition coefficient (Wildman–Crippen LogP) is 7.88. The van der Waals surface area contributed by atoms with Gasteiger partial charge in [0.1, 0.15) is 11.6 Å². The molecule has 0 radical (unpaired) electrons. The maximum Gasteiger partial charge on any atom is 0.139 e. The monoisotopic (exact) mass is 442 g/mol. The standard InChI is InChI=1S/C30H50O2/c1-19(2)10-9-11-20(3)21-14-17-29(7)22-12-13-24-27(4,5)25(31)15-16-28(24,6)23(22)18-26(32)30(21,29)8/h19-24H,9-18H2,1-8H3/t20-,21-,22-,23+,24+,28-,29+,30+/m1/s1. The fourth-order valence-electron chi connectivity index (χ4n) is 10.0. The van der Waals surface area contributed by atoms with Crippen molar-refractivity contribution < 1.29 is 9.59 Å². The van der Waals surface area contributed by atoms with Crippen LogP contribution < -0.4 is 0 Å². The number of carbonyl (C=O) groups excluding carboxylic acids is 2. The van der Waals surface area contributed by atoms with E-state index in [2.05, 4.69) is 55.4 Å². The maximum atomic E-state index is 14.1. The van der Waals surface area contributed by atoms with Gasteiger partial charge in [-0.1, -0.05) is 74.7 Å². The zero-order valence-electron chi connectivity index (χ0n) is 22.4. The van der Waals surface area contributed by atoms with Crippen molar-refractivity contribution >= 4 is 11.6 Å². The Hall–Kier alpha value is -0.660. The third-order valence-electron chi connectivity index (χ3n) is 12.2. The molecule has 0 heterocycles. The predicted molar refractivity (Wildman–Crippen MR) is 132 cm³/mol. The van der Waals surface area contributed by atoms with E-state index in [1.807, 2.05) is 0 Å². The van der Waals surface area contributed by atoms with E-state index in [-0.39, 0.29) is 21.7 Å². The summed E-state index contributed by atoms with van der Waals surface area (Å²) in [5, 5.41) is 0. The van der Waals surface area contributed by atoms with Crippen LogP contribution in [0.1, 0.15) is 120 Å². The van der Waals surface area contributed by atoms with E-state index in [4.69, 9.17) is 0 Å². The quantitative estimate of drug-likeness (QED) is 0.434. The molecule has 0 aliphatic heterocycles. The number of hydrogen-bond donors (Lipinski definition) is 0. The van der Waals surface area contributed by atoms with Gasteiger partial charge >= 0.3 is 0 Å². The first-order valence-electron chi connectivity index (χ1n) is 13.9. The number of rotatable bonds is 5. The van der Waals surface area contributed by atoms with Gasteiger partial charge in [-0.15, -0.1) is 0 Å². The second-order valence-electron chi connectivity index (χ2n) is 14.2. The molecule has 0 aromatic carbocycles. The molecule has 182 valence electrons. The van der Waals surface area contributed by atoms with E-state index >= 15 is 0 Å². The molecule has 4 fully saturated rings. The van der Waals surface area contributed by atoms with Gasteiger partial charge in [0.2, 0.25) is 0 Å². The molecule has 8 atom stereocenters. The van der Waals surface area contributed by atoms with Crippen LogP contribution in [0.15, 0.2) is 0 Å². The molecule has 0 aromatic heterocycles. The first-order valence-corrected chi connectivity index (χ1v) is 13.9. The van der Waals surface area contributed by atoms with Gasteiger partial charge in [-0.3, -0.25) is 9.59 Å². The molecular weight excluding hydrogens is 392 g/mol. The van der Waals surface area contributed by atoms with Crippen LogP contribution >= 0.6 is 0 Å². The average molecular weight is 443 g/mol. The number of carbonyl (C=O) groups is 2. The molecule has 0 spiro atoms. The van der Waals surface area contributed by atoms with Crippen LogP contribution in [-0.2, 0) is 9.59 Å². The highest BCUT2D eigenvalue weighted by Crippen LogP contribution is 2.73. The van der Waals surface area contributed by atoms with Crippen molar-refractivity contribution in [3.8, 4) is 0 Å². The lowest BCUT2D eigenvalue weighted by atomic mass is 9.38. The second-order valence-corrected chi connectivity index (χ2v) is 14.2. The first-order chi connectivity index (χ1) is 14.8. The summed E-state index contributed by atoms with van der Waals surface area (Å²) in [6.07, 6.45) is 11.2. The van der Waals surface area contributed by atoms with Gasteiger partial charge in [-0.25, -0.2) is 0 Å². The molecule has 4 rings (SSSR count). The smallest absolute Gasteiger partial charge is 0.139 e. The third kappa shape index (κ3) is 3.24. The van der Waals surface area contributed by atoms with Crippen molar-refractivity contribution in [1.29, 1.82) is 0 Å². The SMILES string of the molecule is CC(C)CCC[C@@H](C)[C@H]1CC[C@@]2(C)[C@@H]3CC[C@H]4C(C)(C)C(=O)CC[C@]4(C)[C@H]3CC(=O)[C@]12C. The molecule has 2 nitrogen and oxygen atoms in total. The molecule has 0 saturated heterocycles. The zero-order chi connectivity index (χ0) is 23.7. The van der Waals surface area contributed by atoms with Crippen LogP contribution in [0.25, 0.3) is 0 Å². The minimum absolute atomic E-state index is 0.129. The second kappa shape index (κ2) is 7.94. The van der Waals surface area contributed by atoms with Crippen molar-refractivity contribution in [3.63, 3.8) is 0 Å². The molecule has 0 bridgehead atoms. The number of Topliss-reactive ketones (excluding diaryl/α,β-unsaturated/α-hetero) is 2. The van der Waals surface area contributed by atoms with Gasteiger partial charge in [0, 0.05) is 23.7 Å². The molecular formula is C30H50O2. The van der Waals surface area contributed by atoms with Crippen molar-refractivity contribution in [2.75, 3.05) is 0 Å². The van der Waals surface area contributed by atoms with Gasteiger partial charge in [-0.05, 0) is 78.4 Å². The van der Waals surface area contributed by atoms with Crippen LogP contribution in [0.3, 0.4) is 0 Å². The fraction of sp³-hybridized carbons (Fsp3) is 0.933.